The van der Waals surface area contributed by atoms with Gasteiger partial charge in [-0.2, -0.15) is 0 Å². The van der Waals surface area contributed by atoms with Crippen molar-refractivity contribution < 1.29 is 52.7 Å². The molecule has 2 aliphatic carbocycles. The van der Waals surface area contributed by atoms with Gasteiger partial charge in [-0.1, -0.05) is 32.0 Å². The van der Waals surface area contributed by atoms with Crippen LogP contribution in [-0.4, -0.2) is 83.6 Å². The van der Waals surface area contributed by atoms with Crippen molar-refractivity contribution in [1.82, 2.24) is 5.16 Å². The number of hydrogen-bond donors (Lipinski definition) is 2. The molecule has 2 N–H and O–H groups in total. The van der Waals surface area contributed by atoms with E-state index in [4.69, 9.17) is 32.9 Å². The Hall–Kier alpha value is -3.45. The van der Waals surface area contributed by atoms with Gasteiger partial charge in [0.1, 0.15) is 35.2 Å². The highest BCUT2D eigenvalue weighted by Crippen LogP contribution is 2.67. The van der Waals surface area contributed by atoms with Crippen LogP contribution in [0.25, 0.3) is 11.3 Å². The van der Waals surface area contributed by atoms with Crippen LogP contribution in [0, 0.1) is 16.7 Å². The topological polar surface area (TPSA) is 156 Å². The number of hydrogen-bond acceptors (Lipinski definition) is 12. The van der Waals surface area contributed by atoms with Crippen LogP contribution in [0.3, 0.4) is 0 Å². The van der Waals surface area contributed by atoms with Crippen LogP contribution in [0.15, 0.2) is 35.4 Å². The van der Waals surface area contributed by atoms with Crippen LogP contribution < -0.4 is 14.2 Å². The zero-order valence-electron chi connectivity index (χ0n) is 28.7. The Morgan fingerprint density at radius 3 is 2.28 bits per heavy atom. The molecular formula is C35H47NO11. The smallest absolute Gasteiger partial charge is 0.303 e. The summed E-state index contributed by atoms with van der Waals surface area (Å²) in [5.74, 6) is -0.0618. The summed E-state index contributed by atoms with van der Waals surface area (Å²) in [6, 6.07) is 5.13. The molecule has 3 fully saturated rings. The lowest BCUT2D eigenvalue weighted by Crippen LogP contribution is -2.86. The lowest BCUT2D eigenvalue weighted by molar-refractivity contribution is -0.373. The second kappa shape index (κ2) is 11.9. The number of methoxy groups -OCH3 is 3. The molecule has 3 aliphatic rings. The Labute approximate surface area is 275 Å². The summed E-state index contributed by atoms with van der Waals surface area (Å²) in [7, 11) is 4.60. The minimum atomic E-state index is -2.23. The summed E-state index contributed by atoms with van der Waals surface area (Å²) in [5, 5.41) is 29.3. The first kappa shape index (κ1) is 34.9. The van der Waals surface area contributed by atoms with Gasteiger partial charge in [-0.25, -0.2) is 0 Å². The van der Waals surface area contributed by atoms with Crippen molar-refractivity contribution in [3.8, 4) is 28.5 Å². The predicted molar refractivity (Wildman–Crippen MR) is 169 cm³/mol. The van der Waals surface area contributed by atoms with Gasteiger partial charge in [0.25, 0.3) is 0 Å². The first-order valence-corrected chi connectivity index (χ1v) is 15.8. The largest absolute Gasteiger partial charge is 0.496 e. The monoisotopic (exact) mass is 657 g/mol. The maximum absolute atomic E-state index is 14.4. The summed E-state index contributed by atoms with van der Waals surface area (Å²) in [4.78, 5) is 26.8. The number of nitrogens with zero attached hydrogens (tertiary/aromatic N) is 1. The number of esters is 1. The summed E-state index contributed by atoms with van der Waals surface area (Å²) >= 11 is 0. The molecule has 1 aromatic heterocycles. The third-order valence-corrected chi connectivity index (χ3v) is 10.9. The number of ketones is 1. The molecule has 0 radical (unpaired) electrons. The summed E-state index contributed by atoms with van der Waals surface area (Å²) < 4.78 is 41.0. The number of ether oxygens (including phenoxy) is 6. The average molecular weight is 658 g/mol. The van der Waals surface area contributed by atoms with Gasteiger partial charge in [0.2, 0.25) is 0 Å². The van der Waals surface area contributed by atoms with E-state index >= 15 is 0 Å². The molecule has 0 bridgehead atoms. The number of carbonyl (C=O) groups is 2. The molecule has 8 atom stereocenters. The van der Waals surface area contributed by atoms with Crippen molar-refractivity contribution in [3.63, 3.8) is 0 Å². The second-order valence-electron chi connectivity index (χ2n) is 14.2. The van der Waals surface area contributed by atoms with Crippen LogP contribution in [-0.2, 0) is 30.4 Å². The fraction of sp³-hybridized carbons (Fsp3) is 0.629. The summed E-state index contributed by atoms with van der Waals surface area (Å²) in [6.45, 7) is 14.0. The summed E-state index contributed by atoms with van der Waals surface area (Å²) in [6.07, 6.45) is -1.03. The van der Waals surface area contributed by atoms with E-state index in [-0.39, 0.29) is 13.0 Å². The number of fused-ring (bicyclic) bond motifs is 3. The molecule has 5 rings (SSSR count). The number of aliphatic hydroxyl groups excluding tert-OH is 1. The molecule has 12 nitrogen and oxygen atoms in total. The van der Waals surface area contributed by atoms with Crippen LogP contribution >= 0.6 is 0 Å². The molecule has 2 saturated carbocycles. The molecule has 47 heavy (non-hydrogen) atoms. The van der Waals surface area contributed by atoms with Gasteiger partial charge in [-0.05, 0) is 32.1 Å². The molecule has 1 aliphatic heterocycles. The van der Waals surface area contributed by atoms with Crippen LogP contribution in [0.2, 0.25) is 0 Å². The number of Topliss-reactive ketones (excluding diaryl/α,β-unsaturated/α-hetero) is 1. The number of aromatic nitrogens is 1. The Balaban J connectivity index is 1.55. The Morgan fingerprint density at radius 1 is 1.09 bits per heavy atom. The number of carbonyl (C=O) groups excluding carboxylic acids is 2. The van der Waals surface area contributed by atoms with Crippen molar-refractivity contribution >= 4 is 11.8 Å². The van der Waals surface area contributed by atoms with Crippen molar-refractivity contribution in [2.45, 2.75) is 103 Å². The molecule has 0 amide bonds. The molecular weight excluding hydrogens is 610 g/mol. The average Bonchev–Trinajstić information content (AvgIpc) is 3.48. The SMILES string of the molecule is C=C[C@@]1(C)CC(=O)[C@]2(O)[C@@]3(C)[C@@H](OCc4cc(-c5c(OC)cc(OC)cc5OC)no4)CCC(C)(C)[C@@H]3[C@H](O)[C@H](OC(C)=O)[C@@]2(C)O1. The summed E-state index contributed by atoms with van der Waals surface area (Å²) in [5.41, 5.74) is -6.25. The van der Waals surface area contributed by atoms with E-state index in [0.29, 0.717) is 47.1 Å². The zero-order chi connectivity index (χ0) is 34.7. The first-order valence-electron chi connectivity index (χ1n) is 15.8. The maximum Gasteiger partial charge on any atom is 0.303 e. The van der Waals surface area contributed by atoms with Gasteiger partial charge in [0.05, 0.1) is 44.7 Å². The quantitative estimate of drug-likeness (QED) is 0.290. The Morgan fingerprint density at radius 2 is 1.72 bits per heavy atom. The fourth-order valence-electron chi connectivity index (χ4n) is 8.83. The highest BCUT2D eigenvalue weighted by molar-refractivity contribution is 5.92. The highest BCUT2D eigenvalue weighted by Gasteiger charge is 2.81. The van der Waals surface area contributed by atoms with Gasteiger partial charge in [0.15, 0.2) is 23.2 Å². The molecule has 12 heteroatoms. The highest BCUT2D eigenvalue weighted by atomic mass is 16.6. The van der Waals surface area contributed by atoms with Gasteiger partial charge >= 0.3 is 5.97 Å². The first-order chi connectivity index (χ1) is 22.0. The maximum atomic E-state index is 14.4. The molecule has 1 aromatic carbocycles. The number of rotatable bonds is 9. The van der Waals surface area contributed by atoms with Gasteiger partial charge in [-0.15, -0.1) is 6.58 Å². The lowest BCUT2D eigenvalue weighted by atomic mass is 9.39. The van der Waals surface area contributed by atoms with E-state index in [1.807, 2.05) is 13.8 Å². The molecule has 0 unspecified atom stereocenters. The van der Waals surface area contributed by atoms with E-state index in [0.717, 1.165) is 0 Å². The van der Waals surface area contributed by atoms with Gasteiger partial charge in [-0.3, -0.25) is 9.59 Å². The Bertz CT molecular complexity index is 1530. The van der Waals surface area contributed by atoms with Crippen molar-refractivity contribution in [3.05, 3.63) is 36.6 Å². The molecule has 2 heterocycles. The van der Waals surface area contributed by atoms with Crippen LogP contribution in [0.5, 0.6) is 17.2 Å². The number of benzene rings is 1. The van der Waals surface area contributed by atoms with Crippen molar-refractivity contribution in [2.75, 3.05) is 21.3 Å². The van der Waals surface area contributed by atoms with E-state index in [9.17, 15) is 19.8 Å². The third-order valence-electron chi connectivity index (χ3n) is 10.9. The fourth-order valence-corrected chi connectivity index (χ4v) is 8.83. The van der Waals surface area contributed by atoms with Crippen LogP contribution in [0.4, 0.5) is 0 Å². The minimum absolute atomic E-state index is 0.0587. The molecule has 1 saturated heterocycles. The van der Waals surface area contributed by atoms with E-state index in [1.54, 1.807) is 39.2 Å². The van der Waals surface area contributed by atoms with Gasteiger partial charge < -0.3 is 43.2 Å². The Kier molecular flexibility index (Phi) is 8.83. The normalized spacial score (nSPS) is 36.1. The van der Waals surface area contributed by atoms with E-state index in [2.05, 4.69) is 11.7 Å². The van der Waals surface area contributed by atoms with Gasteiger partial charge in [0, 0.05) is 42.9 Å². The van der Waals surface area contributed by atoms with E-state index in [1.165, 1.54) is 34.1 Å². The van der Waals surface area contributed by atoms with Crippen LogP contribution in [0.1, 0.15) is 66.6 Å². The van der Waals surface area contributed by atoms with Crippen molar-refractivity contribution in [1.29, 1.82) is 0 Å². The number of aliphatic hydroxyl groups is 2. The second-order valence-corrected chi connectivity index (χ2v) is 14.2. The van der Waals surface area contributed by atoms with Crippen molar-refractivity contribution in [2.24, 2.45) is 16.7 Å². The molecule has 258 valence electrons. The molecule has 0 spiro atoms. The molecule has 2 aromatic rings. The van der Waals surface area contributed by atoms with E-state index < -0.39 is 63.6 Å². The zero-order valence-corrected chi connectivity index (χ0v) is 28.7. The standard InChI is InChI=1S/C35H47NO11/c1-11-32(5)17-25(38)35(40)33(6)26(12-13-31(3,4)29(33)28(39)30(45-19(2)37)34(35,7)47-32)44-18-21-14-22(36-46-21)27-23(42-9)15-20(41-8)16-24(27)43-10/h11,14-16,26,28-30,39-40H,1,12-13,17-18H2,2-10H3/t26-,28-,29-,30-,32-,33-,34+,35-/m0/s1. The minimum Gasteiger partial charge on any atom is -0.496 e. The third kappa shape index (κ3) is 5.15. The lowest BCUT2D eigenvalue weighted by Gasteiger charge is -2.71. The predicted octanol–water partition coefficient (Wildman–Crippen LogP) is 4.43.